The van der Waals surface area contributed by atoms with Gasteiger partial charge in [-0.1, -0.05) is 12.1 Å². The number of anilines is 1. The summed E-state index contributed by atoms with van der Waals surface area (Å²) in [5, 5.41) is 0. The Hall–Kier alpha value is -2.64. The van der Waals surface area contributed by atoms with E-state index in [0.717, 1.165) is 6.07 Å². The van der Waals surface area contributed by atoms with Gasteiger partial charge in [0.25, 0.3) is 5.91 Å². The van der Waals surface area contributed by atoms with E-state index >= 15 is 0 Å². The number of halogens is 3. The van der Waals surface area contributed by atoms with Gasteiger partial charge in [-0.3, -0.25) is 20.6 Å². The van der Waals surface area contributed by atoms with Crippen LogP contribution in [0.5, 0.6) is 0 Å². The summed E-state index contributed by atoms with van der Waals surface area (Å²) in [6.45, 7) is 0. The second-order valence-corrected chi connectivity index (χ2v) is 3.71. The Morgan fingerprint density at radius 3 is 2.55 bits per heavy atom. The molecule has 0 aliphatic heterocycles. The van der Waals surface area contributed by atoms with Crippen LogP contribution in [0.2, 0.25) is 0 Å². The van der Waals surface area contributed by atoms with Crippen LogP contribution in [-0.2, 0) is 6.18 Å². The molecule has 1 amide bonds. The molecular weight excluding hydrogens is 273 g/mol. The number of carbonyl (C=O) groups is 1. The molecule has 1 heterocycles. The Kier molecular flexibility index (Phi) is 3.83. The van der Waals surface area contributed by atoms with Crippen molar-refractivity contribution in [3.05, 3.63) is 54.1 Å². The van der Waals surface area contributed by atoms with Gasteiger partial charge in [0.1, 0.15) is 5.69 Å². The number of hydrogen-bond donors (Lipinski definition) is 2. The van der Waals surface area contributed by atoms with E-state index < -0.39 is 17.6 Å². The van der Waals surface area contributed by atoms with Crippen LogP contribution in [0, 0.1) is 0 Å². The lowest BCUT2D eigenvalue weighted by atomic mass is 10.2. The minimum absolute atomic E-state index is 0.00973. The van der Waals surface area contributed by atoms with E-state index in [1.807, 2.05) is 0 Å². The zero-order valence-corrected chi connectivity index (χ0v) is 9.98. The highest BCUT2D eigenvalue weighted by Gasteiger charge is 2.33. The molecule has 0 fully saturated rings. The first-order valence-electron chi connectivity index (χ1n) is 5.47. The molecule has 1 aromatic heterocycles. The Morgan fingerprint density at radius 2 is 1.90 bits per heavy atom. The van der Waals surface area contributed by atoms with Crippen LogP contribution < -0.4 is 10.9 Å². The van der Waals surface area contributed by atoms with Crippen molar-refractivity contribution in [2.24, 2.45) is 0 Å². The lowest BCUT2D eigenvalue weighted by molar-refractivity contribution is -0.137. The maximum absolute atomic E-state index is 12.7. The van der Waals surface area contributed by atoms with Crippen molar-refractivity contribution in [3.8, 4) is 0 Å². The van der Waals surface area contributed by atoms with Crippen LogP contribution in [0.4, 0.5) is 18.9 Å². The molecule has 104 valence electrons. The van der Waals surface area contributed by atoms with Crippen LogP contribution >= 0.6 is 0 Å². The molecule has 20 heavy (non-hydrogen) atoms. The zero-order valence-electron chi connectivity index (χ0n) is 9.98. The first-order chi connectivity index (χ1) is 9.48. The van der Waals surface area contributed by atoms with Crippen molar-refractivity contribution in [1.82, 2.24) is 15.4 Å². The topological polar surface area (TPSA) is 66.9 Å². The molecule has 0 spiro atoms. The van der Waals surface area contributed by atoms with Gasteiger partial charge in [-0.2, -0.15) is 13.2 Å². The molecule has 0 saturated heterocycles. The van der Waals surface area contributed by atoms with E-state index in [1.165, 1.54) is 36.8 Å². The third-order valence-corrected chi connectivity index (χ3v) is 2.34. The molecule has 0 atom stereocenters. The summed E-state index contributed by atoms with van der Waals surface area (Å²) in [5.41, 5.74) is 3.23. The standard InChI is InChI=1S/C12H9F3N4O/c13-12(14,15)8-3-1-2-4-9(8)18-19-11(20)10-7-16-5-6-17-10/h1-7,18H,(H,19,20). The second kappa shape index (κ2) is 5.55. The highest BCUT2D eigenvalue weighted by atomic mass is 19.4. The highest BCUT2D eigenvalue weighted by molar-refractivity contribution is 5.92. The predicted octanol–water partition coefficient (Wildman–Crippen LogP) is 2.25. The van der Waals surface area contributed by atoms with E-state index in [1.54, 1.807) is 0 Å². The molecule has 5 nitrogen and oxygen atoms in total. The lowest BCUT2D eigenvalue weighted by Crippen LogP contribution is -2.31. The van der Waals surface area contributed by atoms with Gasteiger partial charge < -0.3 is 0 Å². The van der Waals surface area contributed by atoms with Crippen LogP contribution in [0.1, 0.15) is 16.1 Å². The first kappa shape index (κ1) is 13.8. The quantitative estimate of drug-likeness (QED) is 0.847. The molecule has 0 aliphatic carbocycles. The summed E-state index contributed by atoms with van der Waals surface area (Å²) >= 11 is 0. The summed E-state index contributed by atoms with van der Waals surface area (Å²) in [7, 11) is 0. The third kappa shape index (κ3) is 3.22. The minimum Gasteiger partial charge on any atom is -0.298 e. The number of nitrogens with one attached hydrogen (secondary N) is 2. The zero-order chi connectivity index (χ0) is 14.6. The Morgan fingerprint density at radius 1 is 1.15 bits per heavy atom. The number of alkyl halides is 3. The number of rotatable bonds is 3. The average molecular weight is 282 g/mol. The summed E-state index contributed by atoms with van der Waals surface area (Å²) in [5.74, 6) is -0.685. The summed E-state index contributed by atoms with van der Waals surface area (Å²) in [6, 6.07) is 4.81. The molecule has 0 radical (unpaired) electrons. The van der Waals surface area contributed by atoms with Gasteiger partial charge in [0, 0.05) is 12.4 Å². The molecule has 0 saturated carbocycles. The monoisotopic (exact) mass is 282 g/mol. The van der Waals surface area contributed by atoms with Crippen LogP contribution in [0.25, 0.3) is 0 Å². The van der Waals surface area contributed by atoms with Gasteiger partial charge in [0.15, 0.2) is 0 Å². The van der Waals surface area contributed by atoms with Crippen molar-refractivity contribution in [2.45, 2.75) is 6.18 Å². The fourth-order valence-electron chi connectivity index (χ4n) is 1.44. The van der Waals surface area contributed by atoms with Crippen LogP contribution in [0.15, 0.2) is 42.9 Å². The number of amides is 1. The number of hydrogen-bond acceptors (Lipinski definition) is 4. The van der Waals surface area contributed by atoms with Gasteiger partial charge >= 0.3 is 6.18 Å². The number of benzene rings is 1. The number of hydrazine groups is 1. The highest BCUT2D eigenvalue weighted by Crippen LogP contribution is 2.34. The average Bonchev–Trinajstić information content (AvgIpc) is 2.45. The minimum atomic E-state index is -4.51. The largest absolute Gasteiger partial charge is 0.418 e. The molecule has 2 N–H and O–H groups in total. The summed E-state index contributed by atoms with van der Waals surface area (Å²) in [6.07, 6.45) is -0.630. The van der Waals surface area contributed by atoms with Gasteiger partial charge in [0.05, 0.1) is 17.4 Å². The second-order valence-electron chi connectivity index (χ2n) is 3.71. The van der Waals surface area contributed by atoms with Gasteiger partial charge in [-0.25, -0.2) is 4.98 Å². The molecule has 0 aliphatic rings. The smallest absolute Gasteiger partial charge is 0.298 e. The predicted molar refractivity (Wildman–Crippen MR) is 64.6 cm³/mol. The van der Waals surface area contributed by atoms with Crippen molar-refractivity contribution in [2.75, 3.05) is 5.43 Å². The van der Waals surface area contributed by atoms with Crippen LogP contribution in [0.3, 0.4) is 0 Å². The van der Waals surface area contributed by atoms with E-state index in [9.17, 15) is 18.0 Å². The molecule has 0 unspecified atom stereocenters. The molecule has 2 aromatic rings. The Labute approximate surface area is 111 Å². The van der Waals surface area contributed by atoms with Crippen LogP contribution in [-0.4, -0.2) is 15.9 Å². The van der Waals surface area contributed by atoms with Gasteiger partial charge in [-0.15, -0.1) is 0 Å². The maximum atomic E-state index is 12.7. The number of carbonyl (C=O) groups excluding carboxylic acids is 1. The van der Waals surface area contributed by atoms with E-state index in [2.05, 4.69) is 20.8 Å². The normalized spacial score (nSPS) is 10.9. The molecule has 1 aromatic carbocycles. The Balaban J connectivity index is 2.11. The first-order valence-corrected chi connectivity index (χ1v) is 5.47. The lowest BCUT2D eigenvalue weighted by Gasteiger charge is -2.14. The van der Waals surface area contributed by atoms with E-state index in [4.69, 9.17) is 0 Å². The van der Waals surface area contributed by atoms with Crippen molar-refractivity contribution in [3.63, 3.8) is 0 Å². The van der Waals surface area contributed by atoms with Crippen molar-refractivity contribution >= 4 is 11.6 Å². The summed E-state index contributed by atoms with van der Waals surface area (Å²) in [4.78, 5) is 19.0. The Bertz CT molecular complexity index is 601. The summed E-state index contributed by atoms with van der Waals surface area (Å²) < 4.78 is 38.2. The number of aromatic nitrogens is 2. The molecular formula is C12H9F3N4O. The van der Waals surface area contributed by atoms with E-state index in [-0.39, 0.29) is 11.4 Å². The molecule has 0 bridgehead atoms. The van der Waals surface area contributed by atoms with Crippen molar-refractivity contribution < 1.29 is 18.0 Å². The van der Waals surface area contributed by atoms with E-state index in [0.29, 0.717) is 0 Å². The molecule has 8 heteroatoms. The van der Waals surface area contributed by atoms with Gasteiger partial charge in [0.2, 0.25) is 0 Å². The number of para-hydroxylation sites is 1. The van der Waals surface area contributed by atoms with Gasteiger partial charge in [-0.05, 0) is 12.1 Å². The molecule has 2 rings (SSSR count). The third-order valence-electron chi connectivity index (χ3n) is 2.34. The SMILES string of the molecule is O=C(NNc1ccccc1C(F)(F)F)c1cnccn1. The number of nitrogens with zero attached hydrogens (tertiary/aromatic N) is 2. The fourth-order valence-corrected chi connectivity index (χ4v) is 1.44. The maximum Gasteiger partial charge on any atom is 0.418 e. The van der Waals surface area contributed by atoms with Crippen molar-refractivity contribution in [1.29, 1.82) is 0 Å². The fraction of sp³-hybridized carbons (Fsp3) is 0.0833.